The first-order valence-corrected chi connectivity index (χ1v) is 7.28. The summed E-state index contributed by atoms with van der Waals surface area (Å²) in [6.07, 6.45) is 0.387. The molecule has 20 heavy (non-hydrogen) atoms. The van der Waals surface area contributed by atoms with Crippen molar-refractivity contribution in [2.45, 2.75) is 18.2 Å². The Labute approximate surface area is 118 Å². The van der Waals surface area contributed by atoms with Crippen molar-refractivity contribution in [3.8, 4) is 11.8 Å². The zero-order chi connectivity index (χ0) is 15.2. The quantitative estimate of drug-likeness (QED) is 0.361. The van der Waals surface area contributed by atoms with Gasteiger partial charge in [-0.3, -0.25) is 0 Å². The molecule has 0 saturated heterocycles. The van der Waals surface area contributed by atoms with Gasteiger partial charge in [-0.25, -0.2) is 17.9 Å². The Balaban J connectivity index is 3.10. The Morgan fingerprint density at radius 1 is 1.45 bits per heavy atom. The SMILES string of the molecule is CC#CCCNS(=O)(=O)c1ccc(N)cc1C(=O)OC. The van der Waals surface area contributed by atoms with Crippen molar-refractivity contribution < 1.29 is 17.9 Å². The molecule has 0 aromatic heterocycles. The van der Waals surface area contributed by atoms with Crippen LogP contribution < -0.4 is 10.5 Å². The lowest BCUT2D eigenvalue weighted by Crippen LogP contribution is -2.26. The Bertz CT molecular complexity index is 657. The van der Waals surface area contributed by atoms with E-state index < -0.39 is 16.0 Å². The predicted molar refractivity (Wildman–Crippen MR) is 75.4 cm³/mol. The molecule has 1 aromatic rings. The van der Waals surface area contributed by atoms with Gasteiger partial charge in [0, 0.05) is 18.7 Å². The fourth-order valence-corrected chi connectivity index (χ4v) is 2.71. The van der Waals surface area contributed by atoms with E-state index in [9.17, 15) is 13.2 Å². The highest BCUT2D eigenvalue weighted by molar-refractivity contribution is 7.89. The molecule has 0 bridgehead atoms. The molecule has 7 heteroatoms. The Kier molecular flexibility index (Phi) is 5.55. The summed E-state index contributed by atoms with van der Waals surface area (Å²) in [6.45, 7) is 1.83. The van der Waals surface area contributed by atoms with Crippen molar-refractivity contribution in [3.05, 3.63) is 23.8 Å². The van der Waals surface area contributed by atoms with E-state index in [0.29, 0.717) is 6.42 Å². The van der Waals surface area contributed by atoms with Gasteiger partial charge in [0.05, 0.1) is 17.6 Å². The molecule has 0 heterocycles. The minimum absolute atomic E-state index is 0.0958. The standard InChI is InChI=1S/C13H16N2O4S/c1-3-4-5-8-15-20(17,18)12-7-6-10(14)9-11(12)13(16)19-2/h6-7,9,15H,5,8,14H2,1-2H3. The number of nitrogen functional groups attached to an aromatic ring is 1. The lowest BCUT2D eigenvalue weighted by Gasteiger charge is -2.10. The first-order chi connectivity index (χ1) is 9.42. The number of carbonyl (C=O) groups is 1. The van der Waals surface area contributed by atoms with E-state index in [1.165, 1.54) is 25.3 Å². The van der Waals surface area contributed by atoms with Crippen LogP contribution in [0.15, 0.2) is 23.1 Å². The van der Waals surface area contributed by atoms with E-state index in [4.69, 9.17) is 5.73 Å². The number of esters is 1. The third kappa shape index (κ3) is 3.98. The number of hydrogen-bond donors (Lipinski definition) is 2. The second kappa shape index (κ2) is 6.93. The number of rotatable bonds is 5. The van der Waals surface area contributed by atoms with Crippen LogP contribution in [0.4, 0.5) is 5.69 Å². The normalized spacial score (nSPS) is 10.5. The van der Waals surface area contributed by atoms with E-state index in [-0.39, 0.29) is 22.7 Å². The van der Waals surface area contributed by atoms with Gasteiger partial charge in [-0.15, -0.1) is 11.8 Å². The Morgan fingerprint density at radius 3 is 2.75 bits per heavy atom. The fraction of sp³-hybridized carbons (Fsp3) is 0.308. The summed E-state index contributed by atoms with van der Waals surface area (Å²) in [5, 5.41) is 0. The van der Waals surface area contributed by atoms with E-state index in [0.717, 1.165) is 0 Å². The van der Waals surface area contributed by atoms with Crippen LogP contribution in [0, 0.1) is 11.8 Å². The minimum Gasteiger partial charge on any atom is -0.465 e. The zero-order valence-electron chi connectivity index (χ0n) is 11.3. The molecule has 0 spiro atoms. The lowest BCUT2D eigenvalue weighted by atomic mass is 10.2. The van der Waals surface area contributed by atoms with Crippen LogP contribution in [-0.4, -0.2) is 28.0 Å². The van der Waals surface area contributed by atoms with E-state index in [1.807, 2.05) is 0 Å². The molecule has 0 aliphatic rings. The number of benzene rings is 1. The topological polar surface area (TPSA) is 98.5 Å². The van der Waals surface area contributed by atoms with Gasteiger partial charge in [0.25, 0.3) is 0 Å². The molecule has 0 aliphatic heterocycles. The number of hydrogen-bond acceptors (Lipinski definition) is 5. The van der Waals surface area contributed by atoms with Gasteiger partial charge in [0.2, 0.25) is 10.0 Å². The average molecular weight is 296 g/mol. The van der Waals surface area contributed by atoms with Gasteiger partial charge in [0.1, 0.15) is 0 Å². The molecular formula is C13H16N2O4S. The third-order valence-electron chi connectivity index (χ3n) is 2.42. The second-order valence-electron chi connectivity index (χ2n) is 3.82. The number of ether oxygens (including phenoxy) is 1. The maximum Gasteiger partial charge on any atom is 0.339 e. The summed E-state index contributed by atoms with van der Waals surface area (Å²) in [5.41, 5.74) is 5.74. The molecular weight excluding hydrogens is 280 g/mol. The van der Waals surface area contributed by atoms with Crippen LogP contribution in [0.5, 0.6) is 0 Å². The average Bonchev–Trinajstić information content (AvgIpc) is 2.42. The molecule has 108 valence electrons. The van der Waals surface area contributed by atoms with E-state index in [1.54, 1.807) is 6.92 Å². The predicted octanol–water partition coefficient (Wildman–Crippen LogP) is 0.747. The molecule has 0 fully saturated rings. The molecule has 3 N–H and O–H groups in total. The maximum atomic E-state index is 12.1. The fourth-order valence-electron chi connectivity index (χ4n) is 1.50. The van der Waals surface area contributed by atoms with Crippen molar-refractivity contribution in [3.63, 3.8) is 0 Å². The molecule has 0 saturated carbocycles. The van der Waals surface area contributed by atoms with Crippen molar-refractivity contribution in [2.24, 2.45) is 0 Å². The van der Waals surface area contributed by atoms with Gasteiger partial charge >= 0.3 is 5.97 Å². The largest absolute Gasteiger partial charge is 0.465 e. The Morgan fingerprint density at radius 2 is 2.15 bits per heavy atom. The van der Waals surface area contributed by atoms with Gasteiger partial charge in [-0.1, -0.05) is 0 Å². The summed E-state index contributed by atoms with van der Waals surface area (Å²) >= 11 is 0. The highest BCUT2D eigenvalue weighted by atomic mass is 32.2. The summed E-state index contributed by atoms with van der Waals surface area (Å²) in [5.74, 6) is 4.65. The smallest absolute Gasteiger partial charge is 0.339 e. The van der Waals surface area contributed by atoms with Crippen molar-refractivity contribution in [1.29, 1.82) is 0 Å². The molecule has 0 atom stereocenters. The minimum atomic E-state index is -3.82. The first-order valence-electron chi connectivity index (χ1n) is 5.79. The number of methoxy groups -OCH3 is 1. The Hall–Kier alpha value is -2.04. The van der Waals surface area contributed by atoms with Gasteiger partial charge in [-0.05, 0) is 25.1 Å². The van der Waals surface area contributed by atoms with E-state index >= 15 is 0 Å². The second-order valence-corrected chi connectivity index (χ2v) is 5.56. The number of nitrogens with two attached hydrogens (primary N) is 1. The van der Waals surface area contributed by atoms with Crippen LogP contribution in [0.25, 0.3) is 0 Å². The zero-order valence-corrected chi connectivity index (χ0v) is 12.1. The summed E-state index contributed by atoms with van der Waals surface area (Å²) in [6, 6.07) is 3.95. The van der Waals surface area contributed by atoms with Crippen LogP contribution in [-0.2, 0) is 14.8 Å². The highest BCUT2D eigenvalue weighted by Gasteiger charge is 2.22. The van der Waals surface area contributed by atoms with Crippen LogP contribution in [0.3, 0.4) is 0 Å². The van der Waals surface area contributed by atoms with Crippen LogP contribution >= 0.6 is 0 Å². The molecule has 0 unspecified atom stereocenters. The van der Waals surface area contributed by atoms with E-state index in [2.05, 4.69) is 21.3 Å². The maximum absolute atomic E-state index is 12.1. The molecule has 6 nitrogen and oxygen atoms in total. The lowest BCUT2D eigenvalue weighted by molar-refractivity contribution is 0.0596. The van der Waals surface area contributed by atoms with Gasteiger partial charge in [-0.2, -0.15) is 0 Å². The van der Waals surface area contributed by atoms with Crippen molar-refractivity contribution in [1.82, 2.24) is 4.72 Å². The molecule has 0 aliphatic carbocycles. The monoisotopic (exact) mass is 296 g/mol. The number of carbonyl (C=O) groups excluding carboxylic acids is 1. The molecule has 1 rings (SSSR count). The summed E-state index contributed by atoms with van der Waals surface area (Å²) in [4.78, 5) is 11.5. The van der Waals surface area contributed by atoms with Crippen LogP contribution in [0.2, 0.25) is 0 Å². The number of sulfonamides is 1. The third-order valence-corrected chi connectivity index (χ3v) is 3.94. The summed E-state index contributed by atoms with van der Waals surface area (Å²) < 4.78 is 31.2. The molecule has 1 aromatic carbocycles. The van der Waals surface area contributed by atoms with Crippen molar-refractivity contribution >= 4 is 21.7 Å². The number of anilines is 1. The summed E-state index contributed by atoms with van der Waals surface area (Å²) in [7, 11) is -2.64. The first kappa shape index (κ1) is 16.0. The van der Waals surface area contributed by atoms with Gasteiger partial charge in [0.15, 0.2) is 0 Å². The van der Waals surface area contributed by atoms with Gasteiger partial charge < -0.3 is 10.5 Å². The number of nitrogens with one attached hydrogen (secondary N) is 1. The van der Waals surface area contributed by atoms with Crippen LogP contribution in [0.1, 0.15) is 23.7 Å². The molecule has 0 radical (unpaired) electrons. The molecule has 0 amide bonds. The highest BCUT2D eigenvalue weighted by Crippen LogP contribution is 2.19. The van der Waals surface area contributed by atoms with Crippen molar-refractivity contribution in [2.75, 3.05) is 19.4 Å².